The van der Waals surface area contributed by atoms with E-state index in [4.69, 9.17) is 9.84 Å². The van der Waals surface area contributed by atoms with E-state index in [1.165, 1.54) is 30.8 Å². The Labute approximate surface area is 131 Å². The lowest BCUT2D eigenvalue weighted by Gasteiger charge is -2.11. The predicted octanol–water partition coefficient (Wildman–Crippen LogP) is 2.70. The highest BCUT2D eigenvalue weighted by atomic mass is 32.2. The van der Waals surface area contributed by atoms with Crippen molar-refractivity contribution in [2.75, 3.05) is 12.4 Å². The van der Waals surface area contributed by atoms with Gasteiger partial charge in [-0.1, -0.05) is 6.92 Å². The minimum Gasteiger partial charge on any atom is -0.481 e. The minimum atomic E-state index is -1.24. The van der Waals surface area contributed by atoms with E-state index >= 15 is 0 Å². The molecular formula is C15H17FO5S. The Morgan fingerprint density at radius 3 is 2.55 bits per heavy atom. The highest BCUT2D eigenvalue weighted by Gasteiger charge is 2.19. The number of Topliss-reactive ketones (excluding diaryl/α,β-unsaturated/α-hetero) is 1. The SMILES string of the molecule is CCc1c(C(=O)CC(=O)O)ccc(SCCOC(C)=O)c1F. The second-order valence-corrected chi connectivity index (χ2v) is 5.58. The van der Waals surface area contributed by atoms with Crippen LogP contribution in [-0.2, 0) is 20.7 Å². The molecule has 0 aliphatic rings. The molecule has 0 saturated carbocycles. The fourth-order valence-corrected chi connectivity index (χ4v) is 2.69. The molecule has 0 aromatic heterocycles. The summed E-state index contributed by atoms with van der Waals surface area (Å²) in [5, 5.41) is 8.66. The van der Waals surface area contributed by atoms with Crippen molar-refractivity contribution in [1.29, 1.82) is 0 Å². The van der Waals surface area contributed by atoms with Crippen LogP contribution in [0.4, 0.5) is 4.39 Å². The molecule has 0 unspecified atom stereocenters. The number of benzene rings is 1. The molecule has 0 fully saturated rings. The standard InChI is InChI=1S/C15H17FO5S/c1-3-10-11(12(18)8-14(19)20)4-5-13(15(10)16)22-7-6-21-9(2)17/h4-5H,3,6-8H2,1-2H3,(H,19,20). The Morgan fingerprint density at radius 2 is 2.00 bits per heavy atom. The second kappa shape index (κ2) is 8.53. The Balaban J connectivity index is 2.88. The maximum Gasteiger partial charge on any atom is 0.311 e. The summed E-state index contributed by atoms with van der Waals surface area (Å²) < 4.78 is 19.2. The summed E-state index contributed by atoms with van der Waals surface area (Å²) in [7, 11) is 0. The maximum atomic E-state index is 14.4. The molecular weight excluding hydrogens is 311 g/mol. The Kier molecular flexibility index (Phi) is 7.04. The first-order chi connectivity index (χ1) is 10.4. The molecule has 0 bridgehead atoms. The van der Waals surface area contributed by atoms with Gasteiger partial charge in [0, 0.05) is 23.1 Å². The van der Waals surface area contributed by atoms with Crippen molar-refractivity contribution < 1.29 is 28.6 Å². The number of halogens is 1. The van der Waals surface area contributed by atoms with Gasteiger partial charge in [-0.15, -0.1) is 11.8 Å². The Hall–Kier alpha value is -1.89. The zero-order valence-electron chi connectivity index (χ0n) is 12.3. The van der Waals surface area contributed by atoms with Crippen molar-refractivity contribution in [3.8, 4) is 0 Å². The average Bonchev–Trinajstić information content (AvgIpc) is 2.43. The third-order valence-corrected chi connectivity index (χ3v) is 3.82. The molecule has 1 rings (SSSR count). The molecule has 0 spiro atoms. The zero-order valence-corrected chi connectivity index (χ0v) is 13.2. The maximum absolute atomic E-state index is 14.4. The van der Waals surface area contributed by atoms with Gasteiger partial charge in [0.1, 0.15) is 18.8 Å². The first kappa shape index (κ1) is 18.2. The number of rotatable bonds is 8. The number of ether oxygens (including phenoxy) is 1. The molecule has 0 radical (unpaired) electrons. The van der Waals surface area contributed by atoms with Crippen LogP contribution in [0, 0.1) is 5.82 Å². The second-order valence-electron chi connectivity index (χ2n) is 4.44. The number of carboxylic acid groups (broad SMARTS) is 1. The van der Waals surface area contributed by atoms with Crippen LogP contribution < -0.4 is 0 Å². The highest BCUT2D eigenvalue weighted by molar-refractivity contribution is 7.99. The summed E-state index contributed by atoms with van der Waals surface area (Å²) in [5.74, 6) is -2.38. The number of carboxylic acids is 1. The van der Waals surface area contributed by atoms with Gasteiger partial charge >= 0.3 is 11.9 Å². The van der Waals surface area contributed by atoms with E-state index in [9.17, 15) is 18.8 Å². The van der Waals surface area contributed by atoms with Gasteiger partial charge in [-0.05, 0) is 24.1 Å². The summed E-state index contributed by atoms with van der Waals surface area (Å²) in [5.41, 5.74) is 0.315. The Morgan fingerprint density at radius 1 is 1.32 bits per heavy atom. The summed E-state index contributed by atoms with van der Waals surface area (Å²) in [4.78, 5) is 33.4. The number of thioether (sulfide) groups is 1. The summed E-state index contributed by atoms with van der Waals surface area (Å²) in [6.07, 6.45) is -0.379. The number of aliphatic carboxylic acids is 1. The fraction of sp³-hybridized carbons (Fsp3) is 0.400. The lowest BCUT2D eigenvalue weighted by Crippen LogP contribution is -2.11. The number of carbonyl (C=O) groups excluding carboxylic acids is 2. The van der Waals surface area contributed by atoms with E-state index in [0.29, 0.717) is 10.6 Å². The molecule has 0 atom stereocenters. The van der Waals surface area contributed by atoms with Crippen LogP contribution >= 0.6 is 11.8 Å². The smallest absolute Gasteiger partial charge is 0.311 e. The molecule has 0 aliphatic heterocycles. The van der Waals surface area contributed by atoms with Crippen LogP contribution in [0.1, 0.15) is 36.2 Å². The van der Waals surface area contributed by atoms with Gasteiger partial charge in [-0.3, -0.25) is 14.4 Å². The van der Waals surface area contributed by atoms with Crippen LogP contribution in [0.15, 0.2) is 17.0 Å². The van der Waals surface area contributed by atoms with Crippen LogP contribution in [-0.4, -0.2) is 35.2 Å². The van der Waals surface area contributed by atoms with Gasteiger partial charge in [0.15, 0.2) is 5.78 Å². The van der Waals surface area contributed by atoms with E-state index in [0.717, 1.165) is 0 Å². The van der Waals surface area contributed by atoms with Crippen molar-refractivity contribution in [2.45, 2.75) is 31.6 Å². The van der Waals surface area contributed by atoms with Gasteiger partial charge < -0.3 is 9.84 Å². The molecule has 0 amide bonds. The van der Waals surface area contributed by atoms with E-state index in [1.807, 2.05) is 0 Å². The normalized spacial score (nSPS) is 10.3. The quantitative estimate of drug-likeness (QED) is 0.260. The molecule has 5 nitrogen and oxygen atoms in total. The molecule has 22 heavy (non-hydrogen) atoms. The largest absolute Gasteiger partial charge is 0.481 e. The van der Waals surface area contributed by atoms with E-state index < -0.39 is 30.0 Å². The molecule has 0 heterocycles. The number of hydrogen-bond acceptors (Lipinski definition) is 5. The summed E-state index contributed by atoms with van der Waals surface area (Å²) in [6, 6.07) is 2.89. The van der Waals surface area contributed by atoms with Gasteiger partial charge in [-0.25, -0.2) is 4.39 Å². The summed E-state index contributed by atoms with van der Waals surface area (Å²) >= 11 is 1.17. The Bertz CT molecular complexity index is 586. The van der Waals surface area contributed by atoms with Crippen molar-refractivity contribution >= 4 is 29.5 Å². The van der Waals surface area contributed by atoms with E-state index in [1.54, 1.807) is 6.92 Å². The van der Waals surface area contributed by atoms with Crippen molar-refractivity contribution in [2.24, 2.45) is 0 Å². The van der Waals surface area contributed by atoms with Gasteiger partial charge in [0.05, 0.1) is 0 Å². The molecule has 1 N–H and O–H groups in total. The molecule has 120 valence electrons. The van der Waals surface area contributed by atoms with Gasteiger partial charge in [0.25, 0.3) is 0 Å². The monoisotopic (exact) mass is 328 g/mol. The molecule has 1 aromatic carbocycles. The highest BCUT2D eigenvalue weighted by Crippen LogP contribution is 2.27. The lowest BCUT2D eigenvalue weighted by atomic mass is 9.99. The van der Waals surface area contributed by atoms with Gasteiger partial charge in [0.2, 0.25) is 0 Å². The molecule has 0 aliphatic carbocycles. The molecule has 7 heteroatoms. The zero-order chi connectivity index (χ0) is 16.7. The van der Waals surface area contributed by atoms with Crippen molar-refractivity contribution in [3.05, 3.63) is 29.1 Å². The van der Waals surface area contributed by atoms with Crippen LogP contribution in [0.3, 0.4) is 0 Å². The number of hydrogen-bond donors (Lipinski definition) is 1. The minimum absolute atomic E-state index is 0.103. The lowest BCUT2D eigenvalue weighted by molar-refractivity contribution is -0.140. The fourth-order valence-electron chi connectivity index (χ4n) is 1.89. The third kappa shape index (κ3) is 5.14. The summed E-state index contributed by atoms with van der Waals surface area (Å²) in [6.45, 7) is 3.16. The number of esters is 1. The third-order valence-electron chi connectivity index (χ3n) is 2.82. The molecule has 1 aromatic rings. The van der Waals surface area contributed by atoms with E-state index in [-0.39, 0.29) is 24.2 Å². The number of carbonyl (C=O) groups is 3. The van der Waals surface area contributed by atoms with Crippen LogP contribution in [0.2, 0.25) is 0 Å². The topological polar surface area (TPSA) is 80.7 Å². The average molecular weight is 328 g/mol. The van der Waals surface area contributed by atoms with Crippen LogP contribution in [0.25, 0.3) is 0 Å². The van der Waals surface area contributed by atoms with E-state index in [2.05, 4.69) is 0 Å². The first-order valence-electron chi connectivity index (χ1n) is 6.69. The van der Waals surface area contributed by atoms with Crippen LogP contribution in [0.5, 0.6) is 0 Å². The first-order valence-corrected chi connectivity index (χ1v) is 7.67. The number of ketones is 1. The predicted molar refractivity (Wildman–Crippen MR) is 79.7 cm³/mol. The molecule has 0 saturated heterocycles. The van der Waals surface area contributed by atoms with Crippen molar-refractivity contribution in [3.63, 3.8) is 0 Å². The van der Waals surface area contributed by atoms with Crippen molar-refractivity contribution in [1.82, 2.24) is 0 Å². The van der Waals surface area contributed by atoms with Gasteiger partial charge in [-0.2, -0.15) is 0 Å².